The molecule has 0 saturated carbocycles. The molecule has 0 aliphatic carbocycles. The summed E-state index contributed by atoms with van der Waals surface area (Å²) in [6.45, 7) is 0.144. The van der Waals surface area contributed by atoms with Crippen LogP contribution in [-0.2, 0) is 9.63 Å². The number of amides is 1. The van der Waals surface area contributed by atoms with Crippen molar-refractivity contribution in [1.29, 1.82) is 0 Å². The van der Waals surface area contributed by atoms with Crippen molar-refractivity contribution < 1.29 is 9.63 Å². The molecule has 1 rings (SSSR count). The number of hydroxylamine groups is 1. The predicted molar refractivity (Wildman–Crippen MR) is 50.1 cm³/mol. The van der Waals surface area contributed by atoms with Gasteiger partial charge in [-0.1, -0.05) is 18.2 Å². The van der Waals surface area contributed by atoms with Crippen LogP contribution in [0, 0.1) is 0 Å². The average molecular weight is 180 g/mol. The van der Waals surface area contributed by atoms with Crippen molar-refractivity contribution in [3.8, 4) is 0 Å². The van der Waals surface area contributed by atoms with Crippen molar-refractivity contribution in [2.75, 3.05) is 19.0 Å². The lowest BCUT2D eigenvalue weighted by molar-refractivity contribution is -0.117. The van der Waals surface area contributed by atoms with Gasteiger partial charge in [-0.3, -0.25) is 4.79 Å². The number of carbonyl (C=O) groups is 1. The molecule has 4 nitrogen and oxygen atoms in total. The Morgan fingerprint density at radius 3 is 2.69 bits per heavy atom. The quantitative estimate of drug-likeness (QED) is 0.673. The molecular formula is C9H12N2O2. The molecule has 0 heterocycles. The van der Waals surface area contributed by atoms with Gasteiger partial charge in [-0.2, -0.15) is 5.48 Å². The molecule has 1 amide bonds. The second-order valence-corrected chi connectivity index (χ2v) is 2.44. The van der Waals surface area contributed by atoms with Gasteiger partial charge in [0, 0.05) is 5.69 Å². The third-order valence-corrected chi connectivity index (χ3v) is 1.43. The largest absolute Gasteiger partial charge is 0.325 e. The third-order valence-electron chi connectivity index (χ3n) is 1.43. The Kier molecular flexibility index (Phi) is 3.95. The van der Waals surface area contributed by atoms with E-state index in [1.54, 1.807) is 0 Å². The molecule has 0 aliphatic rings. The maximum Gasteiger partial charge on any atom is 0.240 e. The van der Waals surface area contributed by atoms with E-state index in [2.05, 4.69) is 15.6 Å². The summed E-state index contributed by atoms with van der Waals surface area (Å²) in [7, 11) is 1.47. The van der Waals surface area contributed by atoms with Crippen LogP contribution in [0.5, 0.6) is 0 Å². The third kappa shape index (κ3) is 3.68. The lowest BCUT2D eigenvalue weighted by Crippen LogP contribution is -2.27. The van der Waals surface area contributed by atoms with E-state index in [0.29, 0.717) is 0 Å². The Balaban J connectivity index is 2.37. The van der Waals surface area contributed by atoms with Gasteiger partial charge in [0.05, 0.1) is 7.11 Å². The highest BCUT2D eigenvalue weighted by molar-refractivity contribution is 5.92. The van der Waals surface area contributed by atoms with Gasteiger partial charge in [0.2, 0.25) is 5.91 Å². The molecule has 0 atom stereocenters. The average Bonchev–Trinajstić information content (AvgIpc) is 2.16. The highest BCUT2D eigenvalue weighted by Gasteiger charge is 1.99. The van der Waals surface area contributed by atoms with Crippen LogP contribution in [0.15, 0.2) is 30.3 Å². The molecule has 1 aromatic rings. The van der Waals surface area contributed by atoms with Crippen molar-refractivity contribution in [2.45, 2.75) is 0 Å². The summed E-state index contributed by atoms with van der Waals surface area (Å²) >= 11 is 0. The molecule has 4 heteroatoms. The lowest BCUT2D eigenvalue weighted by atomic mass is 10.3. The van der Waals surface area contributed by atoms with Crippen LogP contribution in [0.2, 0.25) is 0 Å². The molecule has 13 heavy (non-hydrogen) atoms. The van der Waals surface area contributed by atoms with Gasteiger partial charge in [0.15, 0.2) is 0 Å². The van der Waals surface area contributed by atoms with Crippen molar-refractivity contribution in [2.24, 2.45) is 0 Å². The molecule has 0 fully saturated rings. The van der Waals surface area contributed by atoms with E-state index in [0.717, 1.165) is 5.69 Å². The van der Waals surface area contributed by atoms with Gasteiger partial charge < -0.3 is 10.2 Å². The molecule has 0 radical (unpaired) electrons. The van der Waals surface area contributed by atoms with E-state index in [-0.39, 0.29) is 12.5 Å². The summed E-state index contributed by atoms with van der Waals surface area (Å²) in [6, 6.07) is 9.26. The zero-order valence-corrected chi connectivity index (χ0v) is 7.41. The summed E-state index contributed by atoms with van der Waals surface area (Å²) in [5.41, 5.74) is 3.24. The fourth-order valence-electron chi connectivity index (χ4n) is 0.864. The summed E-state index contributed by atoms with van der Waals surface area (Å²) in [4.78, 5) is 15.7. The molecule has 0 saturated heterocycles. The summed E-state index contributed by atoms with van der Waals surface area (Å²) in [6.07, 6.45) is 0. The van der Waals surface area contributed by atoms with E-state index >= 15 is 0 Å². The fourth-order valence-corrected chi connectivity index (χ4v) is 0.864. The molecule has 0 spiro atoms. The number of para-hydroxylation sites is 1. The smallest absolute Gasteiger partial charge is 0.240 e. The topological polar surface area (TPSA) is 50.4 Å². The first-order chi connectivity index (χ1) is 6.33. The minimum atomic E-state index is -0.131. The number of nitrogens with one attached hydrogen (secondary N) is 2. The summed E-state index contributed by atoms with van der Waals surface area (Å²) in [5.74, 6) is -0.131. The zero-order valence-electron chi connectivity index (χ0n) is 7.41. The number of hydrogen-bond donors (Lipinski definition) is 2. The predicted octanol–water partition coefficient (Wildman–Crippen LogP) is 0.776. The van der Waals surface area contributed by atoms with Crippen molar-refractivity contribution >= 4 is 11.6 Å². The molecule has 0 bridgehead atoms. The zero-order chi connectivity index (χ0) is 9.52. The first-order valence-electron chi connectivity index (χ1n) is 3.93. The Labute approximate surface area is 76.9 Å². The van der Waals surface area contributed by atoms with Crippen LogP contribution in [0.3, 0.4) is 0 Å². The van der Waals surface area contributed by atoms with Crippen LogP contribution < -0.4 is 10.8 Å². The minimum absolute atomic E-state index is 0.131. The molecular weight excluding hydrogens is 168 g/mol. The first kappa shape index (κ1) is 9.70. The van der Waals surface area contributed by atoms with Gasteiger partial charge >= 0.3 is 0 Å². The Morgan fingerprint density at radius 1 is 1.38 bits per heavy atom. The van der Waals surface area contributed by atoms with E-state index in [1.165, 1.54) is 7.11 Å². The SMILES string of the molecule is CONCC(=O)Nc1ccccc1. The fraction of sp³-hybridized carbons (Fsp3) is 0.222. The highest BCUT2D eigenvalue weighted by atomic mass is 16.6. The van der Waals surface area contributed by atoms with Crippen LogP contribution in [0.4, 0.5) is 5.69 Å². The number of hydrogen-bond acceptors (Lipinski definition) is 3. The van der Waals surface area contributed by atoms with Gasteiger partial charge in [0.1, 0.15) is 6.54 Å². The monoisotopic (exact) mass is 180 g/mol. The van der Waals surface area contributed by atoms with E-state index in [1.807, 2.05) is 30.3 Å². The van der Waals surface area contributed by atoms with Gasteiger partial charge in [-0.15, -0.1) is 0 Å². The highest BCUT2D eigenvalue weighted by Crippen LogP contribution is 2.03. The van der Waals surface area contributed by atoms with Crippen LogP contribution in [0.25, 0.3) is 0 Å². The second kappa shape index (κ2) is 5.29. The number of anilines is 1. The maximum atomic E-state index is 11.1. The number of benzene rings is 1. The van der Waals surface area contributed by atoms with Crippen LogP contribution in [-0.4, -0.2) is 19.6 Å². The molecule has 0 aromatic heterocycles. The molecule has 70 valence electrons. The van der Waals surface area contributed by atoms with E-state index in [4.69, 9.17) is 0 Å². The van der Waals surface area contributed by atoms with Crippen molar-refractivity contribution in [3.63, 3.8) is 0 Å². The number of rotatable bonds is 4. The van der Waals surface area contributed by atoms with Gasteiger partial charge in [-0.05, 0) is 12.1 Å². The lowest BCUT2D eigenvalue weighted by Gasteiger charge is -2.04. The first-order valence-corrected chi connectivity index (χ1v) is 3.93. The molecule has 1 aromatic carbocycles. The Bertz CT molecular complexity index is 262. The van der Waals surface area contributed by atoms with Crippen LogP contribution in [0.1, 0.15) is 0 Å². The standard InChI is InChI=1S/C9H12N2O2/c1-13-10-7-9(12)11-8-5-3-2-4-6-8/h2-6,10H,7H2,1H3,(H,11,12). The van der Waals surface area contributed by atoms with Gasteiger partial charge in [0.25, 0.3) is 0 Å². The second-order valence-electron chi connectivity index (χ2n) is 2.44. The van der Waals surface area contributed by atoms with Gasteiger partial charge in [-0.25, -0.2) is 0 Å². The molecule has 0 aliphatic heterocycles. The Morgan fingerprint density at radius 2 is 2.08 bits per heavy atom. The van der Waals surface area contributed by atoms with E-state index < -0.39 is 0 Å². The van der Waals surface area contributed by atoms with Crippen LogP contribution >= 0.6 is 0 Å². The molecule has 2 N–H and O–H groups in total. The summed E-state index contributed by atoms with van der Waals surface area (Å²) in [5, 5.41) is 2.70. The number of carbonyl (C=O) groups excluding carboxylic acids is 1. The summed E-state index contributed by atoms with van der Waals surface area (Å²) < 4.78 is 0. The molecule has 0 unspecified atom stereocenters. The maximum absolute atomic E-state index is 11.1. The van der Waals surface area contributed by atoms with Crippen molar-refractivity contribution in [1.82, 2.24) is 5.48 Å². The van der Waals surface area contributed by atoms with Crippen molar-refractivity contribution in [3.05, 3.63) is 30.3 Å². The minimum Gasteiger partial charge on any atom is -0.325 e. The Hall–Kier alpha value is -1.39. The normalized spacial score (nSPS) is 9.62. The van der Waals surface area contributed by atoms with E-state index in [9.17, 15) is 4.79 Å².